The highest BCUT2D eigenvalue weighted by molar-refractivity contribution is 7.90. The Morgan fingerprint density at radius 1 is 0.653 bits per heavy atom. The molecular weight excluding hydrogens is 943 g/mol. The van der Waals surface area contributed by atoms with Crippen molar-refractivity contribution in [2.75, 3.05) is 81.9 Å². The summed E-state index contributed by atoms with van der Waals surface area (Å²) >= 11 is 0. The molecule has 24 heteroatoms. The van der Waals surface area contributed by atoms with E-state index < -0.39 is 15.0 Å². The minimum absolute atomic E-state index is 0.0386. The van der Waals surface area contributed by atoms with Crippen molar-refractivity contribution in [3.8, 4) is 23.2 Å². The Kier molecular flexibility index (Phi) is 16.9. The molecule has 8 heterocycles. The van der Waals surface area contributed by atoms with Gasteiger partial charge < -0.3 is 46.5 Å². The molecule has 2 aliphatic heterocycles. The first-order valence-electron chi connectivity index (χ1n) is 23.9. The lowest BCUT2D eigenvalue weighted by atomic mass is 10.0. The quantitative estimate of drug-likeness (QED) is 0.0762. The molecule has 0 saturated carbocycles. The number of hydrogen-bond donors (Lipinski definition) is 5. The third-order valence-corrected chi connectivity index (χ3v) is 12.7. The van der Waals surface area contributed by atoms with Gasteiger partial charge in [0.2, 0.25) is 39.3 Å². The molecule has 10 rings (SSSR count). The lowest BCUT2D eigenvalue weighted by Gasteiger charge is -2.14. The van der Waals surface area contributed by atoms with Crippen LogP contribution in [-0.2, 0) is 22.7 Å². The molecule has 0 unspecified atom stereocenters. The average Bonchev–Trinajstić information content (AvgIpc) is 4.23. The number of rotatable bonds is 18. The van der Waals surface area contributed by atoms with Gasteiger partial charge in [0.25, 0.3) is 22.6 Å². The molecule has 0 atom stereocenters. The highest BCUT2D eigenvalue weighted by Crippen LogP contribution is 2.20. The number of nitrogens with zero attached hydrogens (tertiary/aromatic N) is 12. The van der Waals surface area contributed by atoms with Gasteiger partial charge in [-0.25, -0.2) is 8.42 Å². The van der Waals surface area contributed by atoms with Crippen LogP contribution in [0.5, 0.6) is 0 Å². The molecule has 0 bridgehead atoms. The lowest BCUT2D eigenvalue weighted by Crippen LogP contribution is -2.33. The second kappa shape index (κ2) is 24.0. The number of Topliss-reactive ketones (excluding diaryl/α,β-unsaturated/α-hetero) is 1. The van der Waals surface area contributed by atoms with Crippen molar-refractivity contribution in [2.24, 2.45) is 5.73 Å². The Bertz CT molecular complexity index is 3130. The van der Waals surface area contributed by atoms with E-state index in [2.05, 4.69) is 60.5 Å². The van der Waals surface area contributed by atoms with Gasteiger partial charge in [-0.2, -0.15) is 38.9 Å². The molecule has 2 saturated heterocycles. The number of ketones is 1. The van der Waals surface area contributed by atoms with Crippen LogP contribution in [0.2, 0.25) is 0 Å². The second-order valence-electron chi connectivity index (χ2n) is 17.3. The minimum atomic E-state index is -3.57. The van der Waals surface area contributed by atoms with E-state index in [1.807, 2.05) is 48.5 Å². The summed E-state index contributed by atoms with van der Waals surface area (Å²) in [6, 6.07) is 22.4. The van der Waals surface area contributed by atoms with E-state index in [1.54, 1.807) is 30.5 Å². The summed E-state index contributed by atoms with van der Waals surface area (Å²) in [6.45, 7) is 8.59. The summed E-state index contributed by atoms with van der Waals surface area (Å²) in [5, 5.41) is 14.1. The third kappa shape index (κ3) is 13.6. The molecule has 0 radical (unpaired) electrons. The zero-order valence-electron chi connectivity index (χ0n) is 40.1. The number of carbonyl (C=O) groups excluding carboxylic acids is 2. The molecule has 2 aliphatic rings. The van der Waals surface area contributed by atoms with Gasteiger partial charge in [0.05, 0.1) is 12.5 Å². The number of likely N-dealkylation sites (tertiary alicyclic amines) is 2. The number of benzene rings is 2. The molecule has 378 valence electrons. The number of nitrogens with two attached hydrogens (primary N) is 3. The fourth-order valence-electron chi connectivity index (χ4n) is 8.07. The van der Waals surface area contributed by atoms with E-state index in [-0.39, 0.29) is 35.2 Å². The molecule has 8 N–H and O–H groups in total. The summed E-state index contributed by atoms with van der Waals surface area (Å²) in [4.78, 5) is 53.8. The van der Waals surface area contributed by atoms with Gasteiger partial charge in [0.1, 0.15) is 0 Å². The van der Waals surface area contributed by atoms with Gasteiger partial charge in [-0.15, -0.1) is 10.2 Å². The van der Waals surface area contributed by atoms with Crippen molar-refractivity contribution in [2.45, 2.75) is 56.5 Å². The maximum Gasteiger partial charge on any atom is 0.259 e. The van der Waals surface area contributed by atoms with E-state index in [9.17, 15) is 18.0 Å². The fraction of sp³-hybridized carbons (Fsp3) is 0.375. The summed E-state index contributed by atoms with van der Waals surface area (Å²) in [7, 11) is -3.57. The maximum absolute atomic E-state index is 12.4. The Morgan fingerprint density at radius 2 is 1.19 bits per heavy atom. The van der Waals surface area contributed by atoms with E-state index in [4.69, 9.17) is 26.0 Å². The first-order chi connectivity index (χ1) is 34.9. The van der Waals surface area contributed by atoms with Crippen LogP contribution in [0, 0.1) is 0 Å². The van der Waals surface area contributed by atoms with E-state index in [0.717, 1.165) is 67.3 Å². The van der Waals surface area contributed by atoms with Crippen LogP contribution in [-0.4, -0.2) is 144 Å². The van der Waals surface area contributed by atoms with Crippen LogP contribution < -0.4 is 27.8 Å². The maximum atomic E-state index is 12.4. The summed E-state index contributed by atoms with van der Waals surface area (Å²) in [6.07, 6.45) is 12.4. The van der Waals surface area contributed by atoms with Gasteiger partial charge in [-0.3, -0.25) is 9.59 Å². The third-order valence-electron chi connectivity index (χ3n) is 11.9. The predicted molar refractivity (Wildman–Crippen MR) is 270 cm³/mol. The summed E-state index contributed by atoms with van der Waals surface area (Å²) in [5.74, 6) is 2.63. The molecule has 72 heavy (non-hydrogen) atoms. The number of fused-ring (bicyclic) bond motifs is 2. The second-order valence-corrected chi connectivity index (χ2v) is 19.2. The smallest absolute Gasteiger partial charge is 0.259 e. The van der Waals surface area contributed by atoms with Crippen molar-refractivity contribution in [3.63, 3.8) is 0 Å². The Morgan fingerprint density at radius 3 is 1.75 bits per heavy atom. The largest absolute Gasteiger partial charge is 0.461 e. The molecule has 0 spiro atoms. The molecule has 8 aromatic rings. The van der Waals surface area contributed by atoms with Crippen LogP contribution in [0.1, 0.15) is 70.4 Å². The van der Waals surface area contributed by atoms with Crippen molar-refractivity contribution < 1.29 is 26.8 Å². The van der Waals surface area contributed by atoms with Crippen molar-refractivity contribution in [1.82, 2.24) is 64.2 Å². The van der Waals surface area contributed by atoms with Crippen LogP contribution in [0.25, 0.3) is 34.7 Å². The highest BCUT2D eigenvalue weighted by Gasteiger charge is 2.19. The lowest BCUT2D eigenvalue weighted by molar-refractivity contribution is 0.0947. The number of sulfone groups is 1. The van der Waals surface area contributed by atoms with Gasteiger partial charge >= 0.3 is 0 Å². The number of carbonyl (C=O) groups is 2. The SMILES string of the molecule is CS(=O)(=O)c1nc(N)n2nc(-c3ccco3)nc2n1.NCCc1ccc(C(=O)CCCN2CCCC2)cc1.Nc1nc(NCCc2ccc(C(=O)NCCN3CCCC3)cc2)nc2nc(-c3ccco3)nn12. The number of amides is 1. The number of aromatic nitrogens is 10. The first-order valence-corrected chi connectivity index (χ1v) is 25.8. The highest BCUT2D eigenvalue weighted by atomic mass is 32.2. The number of nitrogen functional groups attached to an aromatic ring is 2. The average molecular weight is 1000 g/mol. The number of nitrogens with one attached hydrogen (secondary N) is 2. The Labute approximate surface area is 415 Å². The molecule has 1 amide bonds. The minimum Gasteiger partial charge on any atom is -0.461 e. The monoisotopic (exact) mass is 1000 g/mol. The number of furan rings is 2. The standard InChI is InChI=1S/C23H27N9O2.C16H24N2O.C9H8N6O3S/c24-21-28-22(29-23-27-19(30-32(21)23)18-4-3-15-34-18)26-10-9-16-5-7-17(8-6-16)20(33)25-11-14-31-12-1-2-13-31;17-10-9-14-5-7-15(8-6-14)16(19)4-3-13-18-11-1-2-12-18;1-19(16,17)9-12-7(10)15-8(13-9)11-6(14-15)5-3-2-4-18-5/h3-8,15H,1-2,9-14H2,(H,25,33)(H3,24,26,27,28,29,30);5-8H,1-4,9-13,17H2;2-4H,1H3,(H2,10,11,12,13,14). The molecule has 2 aromatic carbocycles. The van der Waals surface area contributed by atoms with Gasteiger partial charge in [-0.05, 0) is 132 Å². The molecule has 6 aromatic heterocycles. The van der Waals surface area contributed by atoms with Crippen molar-refractivity contribution in [1.29, 1.82) is 0 Å². The van der Waals surface area contributed by atoms with Crippen LogP contribution >= 0.6 is 0 Å². The molecular formula is C48H59N17O6S. The number of anilines is 3. The normalized spacial score (nSPS) is 14.0. The zero-order valence-corrected chi connectivity index (χ0v) is 40.9. The van der Waals surface area contributed by atoms with E-state index in [0.29, 0.717) is 60.7 Å². The summed E-state index contributed by atoms with van der Waals surface area (Å²) in [5.41, 5.74) is 21.0. The van der Waals surface area contributed by atoms with Crippen molar-refractivity contribution in [3.05, 3.63) is 108 Å². The first kappa shape index (κ1) is 50.7. The Balaban J connectivity index is 0.000000156. The number of hydrogen-bond acceptors (Lipinski definition) is 20. The van der Waals surface area contributed by atoms with E-state index in [1.165, 1.54) is 55.1 Å². The summed E-state index contributed by atoms with van der Waals surface area (Å²) < 4.78 is 35.8. The zero-order chi connectivity index (χ0) is 50.5. The van der Waals surface area contributed by atoms with Crippen molar-refractivity contribution >= 4 is 50.9 Å². The van der Waals surface area contributed by atoms with Crippen LogP contribution in [0.3, 0.4) is 0 Å². The molecule has 2 fully saturated rings. The topological polar surface area (TPSA) is 315 Å². The van der Waals surface area contributed by atoms with Crippen LogP contribution in [0.15, 0.2) is 99.3 Å². The van der Waals surface area contributed by atoms with Crippen LogP contribution in [0.4, 0.5) is 17.8 Å². The fourth-order valence-corrected chi connectivity index (χ4v) is 8.58. The van der Waals surface area contributed by atoms with Gasteiger partial charge in [0.15, 0.2) is 17.3 Å². The predicted octanol–water partition coefficient (Wildman–Crippen LogP) is 3.85. The van der Waals surface area contributed by atoms with E-state index >= 15 is 0 Å². The molecule has 23 nitrogen and oxygen atoms in total. The Hall–Kier alpha value is -7.67. The molecule has 0 aliphatic carbocycles. The van der Waals surface area contributed by atoms with Gasteiger partial charge in [-0.1, -0.05) is 36.4 Å². The van der Waals surface area contributed by atoms with Gasteiger partial charge in [0, 0.05) is 43.4 Å².